The van der Waals surface area contributed by atoms with E-state index in [-0.39, 0.29) is 24.0 Å². The number of carbonyl (C=O) groups is 4. The van der Waals surface area contributed by atoms with Gasteiger partial charge >= 0.3 is 0 Å². The van der Waals surface area contributed by atoms with Crippen LogP contribution in [0.5, 0.6) is 0 Å². The van der Waals surface area contributed by atoms with Crippen molar-refractivity contribution in [3.63, 3.8) is 0 Å². The van der Waals surface area contributed by atoms with Crippen LogP contribution in [0.25, 0.3) is 0 Å². The molecule has 0 unspecified atom stereocenters. The van der Waals surface area contributed by atoms with Gasteiger partial charge in [-0.05, 0) is 31.1 Å². The normalized spacial score (nSPS) is 13.3. The summed E-state index contributed by atoms with van der Waals surface area (Å²) in [5.41, 5.74) is 10.6. The Labute approximate surface area is 165 Å². The highest BCUT2D eigenvalue weighted by Gasteiger charge is 2.09. The van der Waals surface area contributed by atoms with Crippen LogP contribution in [0.4, 0.5) is 0 Å². The van der Waals surface area contributed by atoms with Crippen LogP contribution < -0.4 is 16.8 Å². The van der Waals surface area contributed by atoms with E-state index in [0.717, 1.165) is 44.5 Å². The lowest BCUT2D eigenvalue weighted by atomic mass is 10.1. The molecule has 0 aliphatic heterocycles. The Balaban J connectivity index is -0.000000327. The molecule has 0 radical (unpaired) electrons. The molecule has 0 aromatic rings. The van der Waals surface area contributed by atoms with Crippen molar-refractivity contribution in [2.24, 2.45) is 23.3 Å². The minimum atomic E-state index is -0.313. The van der Waals surface area contributed by atoms with E-state index in [1.54, 1.807) is 0 Å². The maximum absolute atomic E-state index is 10.5. The van der Waals surface area contributed by atoms with Gasteiger partial charge in [0.25, 0.3) is 0 Å². The predicted octanol–water partition coefficient (Wildman–Crippen LogP) is 2.00. The lowest BCUT2D eigenvalue weighted by Crippen LogP contribution is -2.35. The molecule has 0 fully saturated rings. The molecule has 0 aliphatic rings. The maximum atomic E-state index is 10.5. The van der Waals surface area contributed by atoms with E-state index >= 15 is 0 Å². The topological polar surface area (TPSA) is 132 Å². The fraction of sp³-hybridized carbons (Fsp3) is 0.800. The molecule has 160 valence electrons. The Bertz CT molecular complexity index is 387. The van der Waals surface area contributed by atoms with Gasteiger partial charge in [0.1, 0.15) is 18.9 Å². The number of rotatable bonds is 11. The molecule has 27 heavy (non-hydrogen) atoms. The van der Waals surface area contributed by atoms with E-state index in [9.17, 15) is 19.2 Å². The number of nitrogens with two attached hydrogens (primary N) is 2. The monoisotopic (exact) mass is 387 g/mol. The molecule has 0 aromatic carbocycles. The third-order valence-corrected chi connectivity index (χ3v) is 3.26. The Kier molecular flexibility index (Phi) is 23.1. The first-order valence-electron chi connectivity index (χ1n) is 9.67. The summed E-state index contributed by atoms with van der Waals surface area (Å²) in [7, 11) is 0. The van der Waals surface area contributed by atoms with Crippen LogP contribution in [0, 0.1) is 11.8 Å². The molecule has 0 rings (SSSR count). The molecule has 0 heterocycles. The molecule has 0 bridgehead atoms. The van der Waals surface area contributed by atoms with Crippen molar-refractivity contribution in [3.8, 4) is 0 Å². The van der Waals surface area contributed by atoms with Gasteiger partial charge in [-0.15, -0.1) is 0 Å². The lowest BCUT2D eigenvalue weighted by molar-refractivity contribution is -0.122. The van der Waals surface area contributed by atoms with Crippen LogP contribution in [-0.2, 0) is 19.2 Å². The molecule has 0 aromatic heterocycles. The Morgan fingerprint density at radius 1 is 0.889 bits per heavy atom. The molecule has 0 spiro atoms. The van der Waals surface area contributed by atoms with Crippen molar-refractivity contribution in [1.29, 1.82) is 0 Å². The molecule has 5 N–H and O–H groups in total. The van der Waals surface area contributed by atoms with Crippen molar-refractivity contribution < 1.29 is 19.2 Å². The minimum Gasteiger partial charge on any atom is -0.347 e. The zero-order valence-electron chi connectivity index (χ0n) is 17.9. The number of carbonyl (C=O) groups excluding carboxylic acids is 4. The number of unbranched alkanes of at least 4 members (excludes halogenated alkanes) is 1. The second-order valence-corrected chi connectivity index (χ2v) is 7.44. The maximum Gasteiger partial charge on any atom is 0.217 e. The van der Waals surface area contributed by atoms with Gasteiger partial charge < -0.3 is 31.2 Å². The van der Waals surface area contributed by atoms with Crippen LogP contribution in [-0.4, -0.2) is 42.9 Å². The molecular formula is C20H41N3O4. The van der Waals surface area contributed by atoms with Crippen molar-refractivity contribution in [2.45, 2.75) is 91.8 Å². The Hall–Kier alpha value is -1.60. The standard InChI is InChI=1S/C8H15NO2.2C6H13NO/c1-6(2)4-8(5-10)9-7(3)11;1-5(2)3-6(7)4-8;1-2-3-4-6(7)5-8/h5-6,8H,4H2,1-3H3,(H,9,11);4-6H,3,7H2,1-2H3;5-6H,2-4,7H2,1H3/t8-;2*6-/m000/s1. The van der Waals surface area contributed by atoms with E-state index in [1.165, 1.54) is 6.92 Å². The van der Waals surface area contributed by atoms with Crippen molar-refractivity contribution in [3.05, 3.63) is 0 Å². The zero-order chi connectivity index (χ0) is 21.8. The first-order valence-corrected chi connectivity index (χ1v) is 9.67. The third-order valence-electron chi connectivity index (χ3n) is 3.26. The number of aldehydes is 3. The second kappa shape index (κ2) is 20.7. The third kappa shape index (κ3) is 29.4. The smallest absolute Gasteiger partial charge is 0.217 e. The van der Waals surface area contributed by atoms with Crippen molar-refractivity contribution >= 4 is 24.8 Å². The van der Waals surface area contributed by atoms with Crippen molar-refractivity contribution in [2.75, 3.05) is 0 Å². The molecule has 0 saturated carbocycles. The van der Waals surface area contributed by atoms with Crippen LogP contribution >= 0.6 is 0 Å². The summed E-state index contributed by atoms with van der Waals surface area (Å²) in [6.07, 6.45) is 6.88. The lowest BCUT2D eigenvalue weighted by Gasteiger charge is -2.12. The van der Waals surface area contributed by atoms with Crippen LogP contribution in [0.1, 0.15) is 73.6 Å². The van der Waals surface area contributed by atoms with Gasteiger partial charge in [0.05, 0.1) is 18.1 Å². The van der Waals surface area contributed by atoms with Gasteiger partial charge in [0.2, 0.25) is 5.91 Å². The summed E-state index contributed by atoms with van der Waals surface area (Å²) in [6.45, 7) is 11.6. The SMILES string of the molecule is CC(=O)N[C@H](C=O)CC(C)C.CC(C)C[C@H](N)C=O.CCCC[C@H](N)C=O. The fourth-order valence-corrected chi connectivity index (χ4v) is 2.03. The van der Waals surface area contributed by atoms with Gasteiger partial charge in [-0.3, -0.25) is 4.79 Å². The number of hydrogen-bond donors (Lipinski definition) is 3. The molecule has 1 amide bonds. The quantitative estimate of drug-likeness (QED) is 0.464. The molecule has 0 saturated heterocycles. The van der Waals surface area contributed by atoms with E-state index in [0.29, 0.717) is 18.3 Å². The van der Waals surface area contributed by atoms with Crippen molar-refractivity contribution in [1.82, 2.24) is 5.32 Å². The summed E-state index contributed by atoms with van der Waals surface area (Å²) in [5, 5.41) is 2.55. The molecule has 0 aliphatic carbocycles. The summed E-state index contributed by atoms with van der Waals surface area (Å²) in [5.74, 6) is 0.801. The van der Waals surface area contributed by atoms with Gasteiger partial charge in [-0.25, -0.2) is 0 Å². The minimum absolute atomic E-state index is 0.150. The average molecular weight is 388 g/mol. The summed E-state index contributed by atoms with van der Waals surface area (Å²) >= 11 is 0. The van der Waals surface area contributed by atoms with E-state index in [4.69, 9.17) is 11.5 Å². The van der Waals surface area contributed by atoms with E-state index in [2.05, 4.69) is 12.2 Å². The van der Waals surface area contributed by atoms with Crippen LogP contribution in [0.3, 0.4) is 0 Å². The average Bonchev–Trinajstić information content (AvgIpc) is 2.58. The van der Waals surface area contributed by atoms with E-state index in [1.807, 2.05) is 27.7 Å². The number of nitrogens with one attached hydrogen (secondary N) is 1. The fourth-order valence-electron chi connectivity index (χ4n) is 2.03. The first kappa shape index (κ1) is 30.1. The largest absolute Gasteiger partial charge is 0.347 e. The molecule has 3 atom stereocenters. The van der Waals surface area contributed by atoms with Gasteiger partial charge in [0.15, 0.2) is 0 Å². The highest BCUT2D eigenvalue weighted by Crippen LogP contribution is 2.02. The Morgan fingerprint density at radius 2 is 1.37 bits per heavy atom. The predicted molar refractivity (Wildman–Crippen MR) is 110 cm³/mol. The summed E-state index contributed by atoms with van der Waals surface area (Å²) in [6, 6.07) is -0.794. The molecule has 7 nitrogen and oxygen atoms in total. The van der Waals surface area contributed by atoms with Crippen LogP contribution in [0.15, 0.2) is 0 Å². The zero-order valence-corrected chi connectivity index (χ0v) is 17.9. The molecule has 7 heteroatoms. The number of amides is 1. The molecular weight excluding hydrogens is 346 g/mol. The van der Waals surface area contributed by atoms with Crippen LogP contribution in [0.2, 0.25) is 0 Å². The summed E-state index contributed by atoms with van der Waals surface area (Å²) < 4.78 is 0. The highest BCUT2D eigenvalue weighted by atomic mass is 16.2. The first-order chi connectivity index (χ1) is 12.5. The van der Waals surface area contributed by atoms with Gasteiger partial charge in [0, 0.05) is 6.92 Å². The number of hydrogen-bond acceptors (Lipinski definition) is 6. The highest BCUT2D eigenvalue weighted by molar-refractivity contribution is 5.77. The van der Waals surface area contributed by atoms with Gasteiger partial charge in [-0.2, -0.15) is 0 Å². The second-order valence-electron chi connectivity index (χ2n) is 7.44. The summed E-state index contributed by atoms with van der Waals surface area (Å²) in [4.78, 5) is 40.7. The van der Waals surface area contributed by atoms with Gasteiger partial charge in [-0.1, -0.05) is 47.5 Å². The Morgan fingerprint density at radius 3 is 1.63 bits per heavy atom. The van der Waals surface area contributed by atoms with E-state index < -0.39 is 0 Å².